The van der Waals surface area contributed by atoms with E-state index in [2.05, 4.69) is 5.32 Å². The number of phenols is 2. The van der Waals surface area contributed by atoms with Crippen LogP contribution < -0.4 is 15.8 Å². The third-order valence-electron chi connectivity index (χ3n) is 14.5. The van der Waals surface area contributed by atoms with Gasteiger partial charge in [0.15, 0.2) is 12.6 Å². The Morgan fingerprint density at radius 3 is 1.52 bits per heavy atom. The van der Waals surface area contributed by atoms with Crippen LogP contribution in [0.15, 0.2) is 143 Å². The van der Waals surface area contributed by atoms with Gasteiger partial charge < -0.3 is 64.6 Å². The van der Waals surface area contributed by atoms with Crippen LogP contribution in [-0.2, 0) is 61.3 Å². The van der Waals surface area contributed by atoms with Crippen molar-refractivity contribution in [2.45, 2.75) is 112 Å². The minimum absolute atomic E-state index is 0.00435. The van der Waals surface area contributed by atoms with E-state index >= 15 is 0 Å². The molecule has 0 unspecified atom stereocenters. The molecule has 0 radical (unpaired) electrons. The summed E-state index contributed by atoms with van der Waals surface area (Å²) in [4.78, 5) is 34.7. The molecule has 4 heterocycles. The molecule has 0 aliphatic carbocycles. The molecule has 0 aromatic heterocycles. The molecule has 4 fully saturated rings. The Hall–Kier alpha value is -6.82. The minimum atomic E-state index is -3.98. The number of hydrogen-bond acceptors (Lipinski definition) is 20. The number of rotatable bonds is 23. The Morgan fingerprint density at radius 2 is 1.07 bits per heavy atom. The van der Waals surface area contributed by atoms with Crippen LogP contribution in [0.2, 0.25) is 0 Å². The molecular formula is C60H77N5O19S2. The zero-order valence-electron chi connectivity index (χ0n) is 48.3. The van der Waals surface area contributed by atoms with Crippen molar-refractivity contribution >= 4 is 38.0 Å². The second kappa shape index (κ2) is 31.2. The SMILES string of the molecule is CC(C)CN(C[C@@H](O)[C@@H](N)Cc1ccccc1)S(=O)(=O)c1ccc(O)cc1.CC(C)CN(C[C@@H](O)[C@H](Cc1ccccc1)NC(=O)O[C@H]1CO[C@H]2OCC[C@H]21)S(=O)(=O)c1ccc(O)cc1.O=C(Oc1ccc([N+](=O)[O-])cc1)O[C@H]1CO[C@H]2OCC[C@H]21. The van der Waals surface area contributed by atoms with Gasteiger partial charge in [-0.2, -0.15) is 8.61 Å². The van der Waals surface area contributed by atoms with E-state index < -0.39 is 67.6 Å². The highest BCUT2D eigenvalue weighted by molar-refractivity contribution is 7.89. The van der Waals surface area contributed by atoms with Crippen molar-refractivity contribution in [3.8, 4) is 17.2 Å². The number of aromatic hydroxyl groups is 2. The predicted molar refractivity (Wildman–Crippen MR) is 312 cm³/mol. The van der Waals surface area contributed by atoms with Crippen LogP contribution in [0.5, 0.6) is 17.2 Å². The van der Waals surface area contributed by atoms with Gasteiger partial charge in [0, 0.05) is 44.4 Å². The number of carbonyl (C=O) groups is 2. The third kappa shape index (κ3) is 19.1. The molecule has 5 aromatic carbocycles. The van der Waals surface area contributed by atoms with Gasteiger partial charge in [-0.1, -0.05) is 88.4 Å². The van der Waals surface area contributed by atoms with Gasteiger partial charge in [0.25, 0.3) is 5.69 Å². The lowest BCUT2D eigenvalue weighted by Gasteiger charge is -2.31. The van der Waals surface area contributed by atoms with E-state index in [0.717, 1.165) is 24.0 Å². The number of non-ortho nitro benzene ring substituents is 1. The van der Waals surface area contributed by atoms with Gasteiger partial charge in [-0.25, -0.2) is 26.4 Å². The highest BCUT2D eigenvalue weighted by atomic mass is 32.2. The zero-order chi connectivity index (χ0) is 62.1. The average molecular weight is 1240 g/mol. The fourth-order valence-corrected chi connectivity index (χ4v) is 13.3. The molecule has 0 spiro atoms. The van der Waals surface area contributed by atoms with Gasteiger partial charge in [-0.05, 0) is 109 Å². The van der Waals surface area contributed by atoms with Crippen LogP contribution in [0.25, 0.3) is 0 Å². The first-order valence-corrected chi connectivity index (χ1v) is 31.2. The van der Waals surface area contributed by atoms with Crippen molar-refractivity contribution in [3.05, 3.63) is 155 Å². The first-order valence-electron chi connectivity index (χ1n) is 28.3. The number of sulfonamides is 2. The molecule has 0 saturated carbocycles. The van der Waals surface area contributed by atoms with Crippen LogP contribution >= 0.6 is 0 Å². The summed E-state index contributed by atoms with van der Waals surface area (Å²) >= 11 is 0. The lowest BCUT2D eigenvalue weighted by molar-refractivity contribution is -0.384. The Bertz CT molecular complexity index is 3170. The first-order chi connectivity index (χ1) is 41.0. The molecule has 24 nitrogen and oxygen atoms in total. The summed E-state index contributed by atoms with van der Waals surface area (Å²) in [6.45, 7) is 9.33. The van der Waals surface area contributed by atoms with Crippen molar-refractivity contribution in [2.24, 2.45) is 29.4 Å². The van der Waals surface area contributed by atoms with Crippen molar-refractivity contribution < 1.29 is 84.9 Å². The van der Waals surface area contributed by atoms with Crippen molar-refractivity contribution in [1.82, 2.24) is 13.9 Å². The number of nitrogens with one attached hydrogen (secondary N) is 1. The molecule has 4 aliphatic rings. The Kier molecular flexibility index (Phi) is 24.2. The monoisotopic (exact) mass is 1240 g/mol. The van der Waals surface area contributed by atoms with E-state index in [1.165, 1.54) is 81.4 Å². The Balaban J connectivity index is 0.000000193. The summed E-state index contributed by atoms with van der Waals surface area (Å²) in [7, 11) is -7.79. The maximum atomic E-state index is 13.4. The van der Waals surface area contributed by atoms with Crippen molar-refractivity contribution in [2.75, 3.05) is 52.6 Å². The molecule has 1 amide bonds. The molecule has 4 aliphatic heterocycles. The number of nitrogens with zero attached hydrogens (tertiary/aromatic N) is 3. The van der Waals surface area contributed by atoms with Gasteiger partial charge in [0.2, 0.25) is 20.0 Å². The molecule has 10 atom stereocenters. The van der Waals surface area contributed by atoms with Crippen LogP contribution in [0.1, 0.15) is 51.7 Å². The van der Waals surface area contributed by atoms with Crippen LogP contribution in [0.3, 0.4) is 0 Å². The zero-order valence-corrected chi connectivity index (χ0v) is 49.9. The highest BCUT2D eigenvalue weighted by Crippen LogP contribution is 2.35. The number of alkyl carbamates (subject to hydrolysis) is 1. The number of nitrogens with two attached hydrogens (primary N) is 1. The normalized spacial score (nSPS) is 21.2. The van der Waals surface area contributed by atoms with E-state index in [1.807, 2.05) is 88.4 Å². The number of carbonyl (C=O) groups excluding carboxylic acids is 2. The fourth-order valence-electron chi connectivity index (χ4n) is 10.0. The second-order valence-electron chi connectivity index (χ2n) is 22.1. The maximum absolute atomic E-state index is 13.4. The van der Waals surface area contributed by atoms with Gasteiger partial charge in [-0.15, -0.1) is 0 Å². The predicted octanol–water partition coefficient (Wildman–Crippen LogP) is 6.34. The maximum Gasteiger partial charge on any atom is 0.514 e. The minimum Gasteiger partial charge on any atom is -0.508 e. The molecule has 26 heteroatoms. The lowest BCUT2D eigenvalue weighted by Crippen LogP contribution is -2.51. The standard InChI is InChI=1S/C27H36N2O8S.C20H28N2O4S.C13H13NO7/c1-18(2)15-29(38(33,34)21-10-8-20(30)9-11-21)16-24(31)23(14-19-6-4-3-5-7-19)28-27(32)37-25-17-36-26-22(25)12-13-35-26;1-15(2)13-22(27(25,26)18-10-8-17(23)9-11-18)14-20(24)19(21)12-16-6-4-3-5-7-16;15-13(20-9-3-1-8(2-4-9)14(16)17)21-11-7-19-12-10(11)5-6-18-12/h3-11,18,22-26,30-31H,12-17H2,1-2H3,(H,28,32);3-11,15,19-20,23-24H,12-14,21H2,1-2H3;1-4,10-12H,5-7H2/t22-,23-,24+,25-,26+;19-,20+;10-,11-,12+/m000/s1. The second-order valence-corrected chi connectivity index (χ2v) is 26.0. The number of aliphatic hydroxyl groups excluding tert-OH is 2. The van der Waals surface area contributed by atoms with E-state index in [1.54, 1.807) is 0 Å². The van der Waals surface area contributed by atoms with Crippen LogP contribution in [0.4, 0.5) is 15.3 Å². The number of hydrogen-bond donors (Lipinski definition) is 6. The molecule has 86 heavy (non-hydrogen) atoms. The summed E-state index contributed by atoms with van der Waals surface area (Å²) in [5.41, 5.74) is 7.90. The smallest absolute Gasteiger partial charge is 0.508 e. The fraction of sp³-hybridized carbons (Fsp3) is 0.467. The summed E-state index contributed by atoms with van der Waals surface area (Å²) in [6, 6.07) is 33.3. The Labute approximate surface area is 500 Å². The molecule has 5 aromatic rings. The number of aliphatic hydroxyl groups is 2. The van der Waals surface area contributed by atoms with E-state index in [4.69, 9.17) is 38.9 Å². The van der Waals surface area contributed by atoms with Crippen molar-refractivity contribution in [3.63, 3.8) is 0 Å². The van der Waals surface area contributed by atoms with Gasteiger partial charge in [0.1, 0.15) is 29.5 Å². The van der Waals surface area contributed by atoms with Crippen molar-refractivity contribution in [1.29, 1.82) is 0 Å². The molecule has 0 bridgehead atoms. The van der Waals surface area contributed by atoms with Crippen LogP contribution in [0, 0.1) is 33.8 Å². The topological polar surface area (TPSA) is 336 Å². The number of ether oxygens (including phenoxy) is 7. The van der Waals surface area contributed by atoms with E-state index in [9.17, 15) is 57.0 Å². The largest absolute Gasteiger partial charge is 0.514 e. The summed E-state index contributed by atoms with van der Waals surface area (Å²) in [6.07, 6.45) is -3.08. The average Bonchev–Trinajstić information content (AvgIpc) is 2.56. The highest BCUT2D eigenvalue weighted by Gasteiger charge is 2.45. The number of benzene rings is 5. The van der Waals surface area contributed by atoms with Gasteiger partial charge in [-0.3, -0.25) is 10.1 Å². The molecule has 4 saturated heterocycles. The lowest BCUT2D eigenvalue weighted by atomic mass is 10.0. The van der Waals surface area contributed by atoms with Gasteiger partial charge >= 0.3 is 12.2 Å². The third-order valence-corrected chi connectivity index (χ3v) is 18.2. The summed E-state index contributed by atoms with van der Waals surface area (Å²) in [5.74, 6) is 0.189. The first kappa shape index (κ1) is 66.7. The quantitative estimate of drug-likeness (QED) is 0.0180. The number of phenolic OH excluding ortho intramolecular Hbond substituents is 2. The number of nitro groups is 1. The van der Waals surface area contributed by atoms with Crippen LogP contribution in [-0.4, -0.2) is 165 Å². The number of nitro benzene ring substituents is 1. The van der Waals surface area contributed by atoms with E-state index in [-0.39, 0.29) is 121 Å². The molecule has 468 valence electrons. The van der Waals surface area contributed by atoms with Gasteiger partial charge in [0.05, 0.1) is 71.2 Å². The molecule has 7 N–H and O–H groups in total. The summed E-state index contributed by atoms with van der Waals surface area (Å²) < 4.78 is 92.9. The molecular weight excluding hydrogens is 1160 g/mol. The summed E-state index contributed by atoms with van der Waals surface area (Å²) in [5, 5.41) is 54.1. The number of fused-ring (bicyclic) bond motifs is 2. The van der Waals surface area contributed by atoms with E-state index in [0.29, 0.717) is 19.6 Å². The number of amides is 1. The Morgan fingerprint density at radius 1 is 0.628 bits per heavy atom. The molecule has 9 rings (SSSR count).